The van der Waals surface area contributed by atoms with Crippen molar-refractivity contribution < 1.29 is 14.4 Å². The van der Waals surface area contributed by atoms with E-state index in [9.17, 15) is 14.4 Å². The Labute approximate surface area is 191 Å². The number of carbonyl (C=O) groups is 3. The maximum atomic E-state index is 13.0. The van der Waals surface area contributed by atoms with E-state index < -0.39 is 11.9 Å². The number of fused-ring (bicyclic) bond motifs is 1. The van der Waals surface area contributed by atoms with Crippen molar-refractivity contribution in [3.8, 4) is 22.5 Å². The molecule has 0 bridgehead atoms. The highest BCUT2D eigenvalue weighted by Gasteiger charge is 2.39. The largest absolute Gasteiger partial charge is 0.378 e. The van der Waals surface area contributed by atoms with Gasteiger partial charge in [-0.15, -0.1) is 0 Å². The molecule has 0 radical (unpaired) electrons. The van der Waals surface area contributed by atoms with E-state index in [1.165, 1.54) is 0 Å². The van der Waals surface area contributed by atoms with Crippen LogP contribution in [-0.2, 0) is 23.2 Å². The van der Waals surface area contributed by atoms with Crippen LogP contribution >= 0.6 is 0 Å². The number of amides is 3. The number of imide groups is 1. The van der Waals surface area contributed by atoms with Crippen molar-refractivity contribution in [2.45, 2.75) is 25.4 Å². The van der Waals surface area contributed by atoms with Gasteiger partial charge in [-0.1, -0.05) is 18.2 Å². The number of aryl methyl sites for hydroxylation is 1. The Morgan fingerprint density at radius 2 is 1.76 bits per heavy atom. The van der Waals surface area contributed by atoms with Gasteiger partial charge < -0.3 is 14.4 Å². The Bertz CT molecular complexity index is 1280. The van der Waals surface area contributed by atoms with Gasteiger partial charge in [-0.05, 0) is 36.2 Å². The Balaban J connectivity index is 1.47. The van der Waals surface area contributed by atoms with Crippen molar-refractivity contribution in [1.82, 2.24) is 19.8 Å². The number of aromatic nitrogens is 2. The van der Waals surface area contributed by atoms with Crippen molar-refractivity contribution in [2.24, 2.45) is 7.05 Å². The Hall–Kier alpha value is -3.94. The maximum absolute atomic E-state index is 13.0. The number of imidazole rings is 1. The second-order valence-electron chi connectivity index (χ2n) is 8.77. The summed E-state index contributed by atoms with van der Waals surface area (Å²) in [6.45, 7) is 0.341. The van der Waals surface area contributed by atoms with Crippen molar-refractivity contribution in [3.05, 3.63) is 59.9 Å². The van der Waals surface area contributed by atoms with E-state index in [-0.39, 0.29) is 18.2 Å². The van der Waals surface area contributed by atoms with E-state index >= 15 is 0 Å². The molecule has 2 aromatic carbocycles. The van der Waals surface area contributed by atoms with E-state index in [2.05, 4.69) is 39.5 Å². The molecule has 8 heteroatoms. The third-order valence-electron chi connectivity index (χ3n) is 6.39. The van der Waals surface area contributed by atoms with Crippen LogP contribution in [0.1, 0.15) is 28.8 Å². The fraction of sp³-hybridized carbons (Fsp3) is 0.280. The minimum absolute atomic E-state index is 0.174. The molecule has 5 rings (SSSR count). The lowest BCUT2D eigenvalue weighted by molar-refractivity contribution is -0.136. The molecule has 168 valence electrons. The van der Waals surface area contributed by atoms with Gasteiger partial charge >= 0.3 is 0 Å². The normalized spacial score (nSPS) is 17.8. The fourth-order valence-electron chi connectivity index (χ4n) is 4.62. The molecule has 1 aromatic heterocycles. The van der Waals surface area contributed by atoms with Crippen LogP contribution in [0.2, 0.25) is 0 Å². The van der Waals surface area contributed by atoms with Crippen LogP contribution in [0, 0.1) is 0 Å². The molecule has 1 N–H and O–H groups in total. The molecule has 0 aliphatic carbocycles. The first-order valence-electron chi connectivity index (χ1n) is 10.9. The monoisotopic (exact) mass is 443 g/mol. The number of benzene rings is 2. The quantitative estimate of drug-likeness (QED) is 0.627. The molecular weight excluding hydrogens is 418 g/mol. The zero-order chi connectivity index (χ0) is 23.3. The molecule has 1 saturated heterocycles. The molecule has 2 aliphatic heterocycles. The molecule has 3 aromatic rings. The molecule has 33 heavy (non-hydrogen) atoms. The Morgan fingerprint density at radius 3 is 2.45 bits per heavy atom. The van der Waals surface area contributed by atoms with E-state index in [0.717, 1.165) is 33.8 Å². The summed E-state index contributed by atoms with van der Waals surface area (Å²) in [7, 11) is 5.98. The van der Waals surface area contributed by atoms with E-state index in [4.69, 9.17) is 0 Å². The lowest BCUT2D eigenvalue weighted by Crippen LogP contribution is -2.52. The van der Waals surface area contributed by atoms with Crippen LogP contribution in [0.5, 0.6) is 0 Å². The van der Waals surface area contributed by atoms with Gasteiger partial charge in [-0.3, -0.25) is 19.7 Å². The third-order valence-corrected chi connectivity index (χ3v) is 6.39. The van der Waals surface area contributed by atoms with Gasteiger partial charge in [0.05, 0.1) is 17.7 Å². The molecular formula is C25H25N5O3. The number of piperidine rings is 1. The van der Waals surface area contributed by atoms with Crippen LogP contribution in [0.4, 0.5) is 5.69 Å². The molecule has 3 heterocycles. The van der Waals surface area contributed by atoms with E-state index in [1.807, 2.05) is 43.9 Å². The highest BCUT2D eigenvalue weighted by atomic mass is 16.2. The van der Waals surface area contributed by atoms with Crippen molar-refractivity contribution in [1.29, 1.82) is 0 Å². The first kappa shape index (κ1) is 20.9. The summed E-state index contributed by atoms with van der Waals surface area (Å²) >= 11 is 0. The second-order valence-corrected chi connectivity index (χ2v) is 8.77. The summed E-state index contributed by atoms with van der Waals surface area (Å²) in [5.74, 6) is -0.864. The van der Waals surface area contributed by atoms with Gasteiger partial charge in [0.2, 0.25) is 11.8 Å². The van der Waals surface area contributed by atoms with Gasteiger partial charge in [-0.2, -0.15) is 0 Å². The summed E-state index contributed by atoms with van der Waals surface area (Å²) in [6.07, 6.45) is 2.38. The van der Waals surface area contributed by atoms with Crippen molar-refractivity contribution in [2.75, 3.05) is 19.0 Å². The number of hydrogen-bond acceptors (Lipinski definition) is 5. The van der Waals surface area contributed by atoms with Crippen LogP contribution < -0.4 is 10.2 Å². The Kier molecular flexibility index (Phi) is 5.00. The van der Waals surface area contributed by atoms with Crippen LogP contribution in [0.15, 0.2) is 48.8 Å². The van der Waals surface area contributed by atoms with Crippen molar-refractivity contribution >= 4 is 23.4 Å². The van der Waals surface area contributed by atoms with Gasteiger partial charge in [0.15, 0.2) is 0 Å². The molecule has 1 unspecified atom stereocenters. The highest BCUT2D eigenvalue weighted by molar-refractivity contribution is 6.05. The predicted octanol–water partition coefficient (Wildman–Crippen LogP) is 2.58. The number of carbonyl (C=O) groups excluding carboxylic acids is 3. The first-order chi connectivity index (χ1) is 15.8. The zero-order valence-electron chi connectivity index (χ0n) is 18.8. The molecule has 3 amide bonds. The SMILES string of the molecule is CN(C)c1ccc(-c2c(-c3ccc4c(c3)CN(C3CCC(=O)NC3=O)C4=O)ncn2C)cc1. The topological polar surface area (TPSA) is 87.5 Å². The maximum Gasteiger partial charge on any atom is 0.255 e. The van der Waals surface area contributed by atoms with E-state index in [1.54, 1.807) is 11.2 Å². The average Bonchev–Trinajstić information content (AvgIpc) is 3.33. The number of nitrogens with one attached hydrogen (secondary N) is 1. The molecule has 1 atom stereocenters. The van der Waals surface area contributed by atoms with Gasteiger partial charge in [0.1, 0.15) is 6.04 Å². The van der Waals surface area contributed by atoms with Gasteiger partial charge in [0.25, 0.3) is 5.91 Å². The zero-order valence-corrected chi connectivity index (χ0v) is 18.8. The van der Waals surface area contributed by atoms with E-state index in [0.29, 0.717) is 18.5 Å². The van der Waals surface area contributed by atoms with Gasteiger partial charge in [-0.25, -0.2) is 4.98 Å². The molecule has 8 nitrogen and oxygen atoms in total. The number of hydrogen-bond donors (Lipinski definition) is 1. The summed E-state index contributed by atoms with van der Waals surface area (Å²) < 4.78 is 1.99. The first-order valence-corrected chi connectivity index (χ1v) is 10.9. The van der Waals surface area contributed by atoms with Crippen molar-refractivity contribution in [3.63, 3.8) is 0 Å². The minimum Gasteiger partial charge on any atom is -0.378 e. The lowest BCUT2D eigenvalue weighted by Gasteiger charge is -2.29. The van der Waals surface area contributed by atoms with Crippen LogP contribution in [-0.4, -0.2) is 52.3 Å². The molecule has 0 spiro atoms. The molecule has 2 aliphatic rings. The second kappa shape index (κ2) is 7.88. The number of rotatable bonds is 4. The van der Waals surface area contributed by atoms with Crippen LogP contribution in [0.25, 0.3) is 22.5 Å². The summed E-state index contributed by atoms with van der Waals surface area (Å²) in [5, 5.41) is 2.34. The summed E-state index contributed by atoms with van der Waals surface area (Å²) in [6, 6.07) is 13.4. The number of anilines is 1. The average molecular weight is 444 g/mol. The third kappa shape index (κ3) is 3.57. The number of nitrogens with zero attached hydrogens (tertiary/aromatic N) is 4. The smallest absolute Gasteiger partial charge is 0.255 e. The van der Waals surface area contributed by atoms with Crippen LogP contribution in [0.3, 0.4) is 0 Å². The van der Waals surface area contributed by atoms with Gasteiger partial charge in [0, 0.05) is 56.5 Å². The Morgan fingerprint density at radius 1 is 1.03 bits per heavy atom. The highest BCUT2D eigenvalue weighted by Crippen LogP contribution is 2.35. The summed E-state index contributed by atoms with van der Waals surface area (Å²) in [4.78, 5) is 45.1. The fourth-order valence-corrected chi connectivity index (χ4v) is 4.62. The lowest BCUT2D eigenvalue weighted by atomic mass is 10.0. The molecule has 1 fully saturated rings. The minimum atomic E-state index is -0.619. The standard InChI is InChI=1S/C25H25N5O3/c1-28(2)18-7-4-15(5-8-18)23-22(26-14-29(23)3)16-6-9-19-17(12-16)13-30(25(19)33)20-10-11-21(31)27-24(20)32/h4-9,12,14,20H,10-11,13H2,1-3H3,(H,27,31,32). The molecule has 0 saturated carbocycles. The predicted molar refractivity (Wildman–Crippen MR) is 124 cm³/mol. The summed E-state index contributed by atoms with van der Waals surface area (Å²) in [5.41, 5.74) is 6.37.